The summed E-state index contributed by atoms with van der Waals surface area (Å²) in [6, 6.07) is 0. The molecule has 1 unspecified atom stereocenters. The van der Waals surface area contributed by atoms with Crippen LogP contribution in [0.3, 0.4) is 0 Å². The summed E-state index contributed by atoms with van der Waals surface area (Å²) in [5, 5.41) is 0. The van der Waals surface area contributed by atoms with E-state index in [1.165, 1.54) is 0 Å². The molecule has 0 fully saturated rings. The summed E-state index contributed by atoms with van der Waals surface area (Å²) in [6.07, 6.45) is 9.61. The summed E-state index contributed by atoms with van der Waals surface area (Å²) in [5.41, 5.74) is 0.0671. The van der Waals surface area contributed by atoms with Gasteiger partial charge in [0.2, 0.25) is 0 Å². The monoisotopic (exact) mass is 234 g/mol. The fraction of sp³-hybridized carbons (Fsp3) is 0.600. The lowest BCUT2D eigenvalue weighted by Crippen LogP contribution is -2.26. The molecule has 2 nitrogen and oxygen atoms in total. The van der Waals surface area contributed by atoms with Crippen LogP contribution in [0.15, 0.2) is 35.8 Å². The van der Waals surface area contributed by atoms with Gasteiger partial charge in [-0.2, -0.15) is 0 Å². The second-order valence-electron chi connectivity index (χ2n) is 5.90. The van der Waals surface area contributed by atoms with Crippen LogP contribution >= 0.6 is 0 Å². The third-order valence-corrected chi connectivity index (χ3v) is 3.02. The Hall–Kier alpha value is -1.18. The number of allylic oxidation sites excluding steroid dienone is 4. The summed E-state index contributed by atoms with van der Waals surface area (Å²) >= 11 is 0. The molecule has 0 radical (unpaired) electrons. The molecule has 17 heavy (non-hydrogen) atoms. The molecule has 0 aromatic rings. The molecule has 1 aliphatic heterocycles. The SMILES string of the molecule is CC(C)CC1COC2=C(C=CC(C)(C)C=C2)O1. The van der Waals surface area contributed by atoms with Gasteiger partial charge in [-0.3, -0.25) is 0 Å². The predicted molar refractivity (Wildman–Crippen MR) is 69.4 cm³/mol. The van der Waals surface area contributed by atoms with Crippen molar-refractivity contribution in [1.29, 1.82) is 0 Å². The Morgan fingerprint density at radius 2 is 1.88 bits per heavy atom. The maximum atomic E-state index is 5.99. The Balaban J connectivity index is 2.12. The minimum atomic E-state index is 0.0671. The summed E-state index contributed by atoms with van der Waals surface area (Å²) in [4.78, 5) is 0. The third-order valence-electron chi connectivity index (χ3n) is 3.02. The van der Waals surface area contributed by atoms with Crippen LogP contribution < -0.4 is 0 Å². The molecule has 0 saturated carbocycles. The van der Waals surface area contributed by atoms with Crippen LogP contribution in [0.25, 0.3) is 0 Å². The van der Waals surface area contributed by atoms with E-state index in [1.807, 2.05) is 12.2 Å². The van der Waals surface area contributed by atoms with E-state index < -0.39 is 0 Å². The Kier molecular flexibility index (Phi) is 3.32. The number of hydrogen-bond donors (Lipinski definition) is 0. The second-order valence-corrected chi connectivity index (χ2v) is 5.90. The van der Waals surface area contributed by atoms with E-state index in [-0.39, 0.29) is 11.5 Å². The van der Waals surface area contributed by atoms with Gasteiger partial charge in [0.1, 0.15) is 12.7 Å². The van der Waals surface area contributed by atoms with Crippen molar-refractivity contribution < 1.29 is 9.47 Å². The Morgan fingerprint density at radius 1 is 1.24 bits per heavy atom. The minimum Gasteiger partial charge on any atom is -0.486 e. The van der Waals surface area contributed by atoms with Gasteiger partial charge >= 0.3 is 0 Å². The van der Waals surface area contributed by atoms with Crippen molar-refractivity contribution in [2.75, 3.05) is 6.61 Å². The van der Waals surface area contributed by atoms with Gasteiger partial charge in [-0.25, -0.2) is 0 Å². The van der Waals surface area contributed by atoms with Gasteiger partial charge in [0, 0.05) is 5.41 Å². The van der Waals surface area contributed by atoms with Gasteiger partial charge in [-0.05, 0) is 24.5 Å². The summed E-state index contributed by atoms with van der Waals surface area (Å²) in [6.45, 7) is 9.42. The van der Waals surface area contributed by atoms with E-state index in [1.54, 1.807) is 0 Å². The zero-order valence-corrected chi connectivity index (χ0v) is 11.2. The fourth-order valence-electron chi connectivity index (χ4n) is 2.06. The Morgan fingerprint density at radius 3 is 2.53 bits per heavy atom. The molecule has 94 valence electrons. The molecule has 2 aliphatic rings. The predicted octanol–water partition coefficient (Wildman–Crippen LogP) is 3.81. The van der Waals surface area contributed by atoms with Gasteiger partial charge in [0.15, 0.2) is 11.5 Å². The third kappa shape index (κ3) is 3.15. The smallest absolute Gasteiger partial charge is 0.161 e. The van der Waals surface area contributed by atoms with Crippen LogP contribution in [0.5, 0.6) is 0 Å². The fourth-order valence-corrected chi connectivity index (χ4v) is 2.06. The molecule has 0 bridgehead atoms. The molecule has 0 N–H and O–H groups in total. The van der Waals surface area contributed by atoms with Crippen LogP contribution in [0, 0.1) is 11.3 Å². The summed E-state index contributed by atoms with van der Waals surface area (Å²) in [7, 11) is 0. The highest BCUT2D eigenvalue weighted by atomic mass is 16.6. The van der Waals surface area contributed by atoms with Crippen molar-refractivity contribution in [3.05, 3.63) is 35.8 Å². The first kappa shape index (κ1) is 12.3. The van der Waals surface area contributed by atoms with Crippen LogP contribution in [0.1, 0.15) is 34.1 Å². The molecule has 0 amide bonds. The van der Waals surface area contributed by atoms with Gasteiger partial charge < -0.3 is 9.47 Å². The molecule has 1 heterocycles. The maximum Gasteiger partial charge on any atom is 0.161 e. The highest BCUT2D eigenvalue weighted by Crippen LogP contribution is 2.30. The minimum absolute atomic E-state index is 0.0671. The van der Waals surface area contributed by atoms with Crippen molar-refractivity contribution in [2.24, 2.45) is 11.3 Å². The van der Waals surface area contributed by atoms with Crippen molar-refractivity contribution in [1.82, 2.24) is 0 Å². The topological polar surface area (TPSA) is 18.5 Å². The second kappa shape index (κ2) is 4.59. The van der Waals surface area contributed by atoms with E-state index in [9.17, 15) is 0 Å². The highest BCUT2D eigenvalue weighted by Gasteiger charge is 2.24. The van der Waals surface area contributed by atoms with E-state index in [0.29, 0.717) is 12.5 Å². The first-order valence-corrected chi connectivity index (χ1v) is 6.38. The zero-order chi connectivity index (χ0) is 12.5. The molecule has 0 spiro atoms. The first-order chi connectivity index (χ1) is 7.96. The van der Waals surface area contributed by atoms with Gasteiger partial charge in [0.05, 0.1) is 0 Å². The van der Waals surface area contributed by atoms with E-state index in [0.717, 1.165) is 17.9 Å². The molecule has 2 rings (SSSR count). The quantitative estimate of drug-likeness (QED) is 0.723. The lowest BCUT2D eigenvalue weighted by atomic mass is 9.93. The maximum absolute atomic E-state index is 5.99. The highest BCUT2D eigenvalue weighted by molar-refractivity contribution is 5.32. The average Bonchev–Trinajstić information content (AvgIpc) is 2.38. The largest absolute Gasteiger partial charge is 0.486 e. The van der Waals surface area contributed by atoms with Gasteiger partial charge in [-0.1, -0.05) is 39.8 Å². The number of hydrogen-bond acceptors (Lipinski definition) is 2. The number of ether oxygens (including phenoxy) is 2. The van der Waals surface area contributed by atoms with Crippen molar-refractivity contribution in [3.63, 3.8) is 0 Å². The zero-order valence-electron chi connectivity index (χ0n) is 11.2. The number of rotatable bonds is 2. The molecule has 0 aromatic heterocycles. The van der Waals surface area contributed by atoms with Gasteiger partial charge in [0.25, 0.3) is 0 Å². The lowest BCUT2D eigenvalue weighted by Gasteiger charge is -2.27. The van der Waals surface area contributed by atoms with E-state index in [4.69, 9.17) is 9.47 Å². The molecule has 1 atom stereocenters. The van der Waals surface area contributed by atoms with Crippen LogP contribution in [0.2, 0.25) is 0 Å². The van der Waals surface area contributed by atoms with Crippen molar-refractivity contribution in [2.45, 2.75) is 40.2 Å². The van der Waals surface area contributed by atoms with Crippen LogP contribution in [0.4, 0.5) is 0 Å². The van der Waals surface area contributed by atoms with Crippen molar-refractivity contribution in [3.8, 4) is 0 Å². The summed E-state index contributed by atoms with van der Waals surface area (Å²) < 4.78 is 11.8. The normalized spacial score (nSPS) is 26.3. The van der Waals surface area contributed by atoms with Gasteiger partial charge in [-0.15, -0.1) is 0 Å². The molecule has 0 aromatic carbocycles. The molecule has 2 heteroatoms. The molecule has 0 saturated heterocycles. The molecular weight excluding hydrogens is 212 g/mol. The van der Waals surface area contributed by atoms with Crippen molar-refractivity contribution >= 4 is 0 Å². The van der Waals surface area contributed by atoms with E-state index in [2.05, 4.69) is 39.8 Å². The molecular formula is C15H22O2. The molecule has 1 aliphatic carbocycles. The Labute approximate surface area is 104 Å². The first-order valence-electron chi connectivity index (χ1n) is 6.38. The standard InChI is InChI=1S/C15H22O2/c1-11(2)9-12-10-16-13-5-7-15(3,4)8-6-14(13)17-12/h5-8,11-12H,9-10H2,1-4H3. The Bertz CT molecular complexity index is 372. The lowest BCUT2D eigenvalue weighted by molar-refractivity contribution is -0.00239. The van der Waals surface area contributed by atoms with Crippen LogP contribution in [-0.4, -0.2) is 12.7 Å². The average molecular weight is 234 g/mol. The van der Waals surface area contributed by atoms with Crippen LogP contribution in [-0.2, 0) is 9.47 Å². The summed E-state index contributed by atoms with van der Waals surface area (Å²) in [5.74, 6) is 2.38. The van der Waals surface area contributed by atoms with E-state index >= 15 is 0 Å².